The van der Waals surface area contributed by atoms with Crippen molar-refractivity contribution < 1.29 is 23.4 Å². The molecule has 8 nitrogen and oxygen atoms in total. The summed E-state index contributed by atoms with van der Waals surface area (Å²) in [6, 6.07) is 6.19. The molecule has 1 aromatic heterocycles. The van der Waals surface area contributed by atoms with Gasteiger partial charge in [-0.25, -0.2) is 8.78 Å². The summed E-state index contributed by atoms with van der Waals surface area (Å²) >= 11 is 0. The van der Waals surface area contributed by atoms with Crippen molar-refractivity contribution in [3.63, 3.8) is 0 Å². The number of amides is 1. The Balaban J connectivity index is 1.40. The molecule has 3 atom stereocenters. The van der Waals surface area contributed by atoms with E-state index in [1.807, 2.05) is 34.9 Å². The number of likely N-dealkylation sites (tertiary alicyclic amines) is 2. The van der Waals surface area contributed by atoms with E-state index in [1.54, 1.807) is 18.2 Å². The highest BCUT2D eigenvalue weighted by Crippen LogP contribution is 2.40. The maximum absolute atomic E-state index is 14.8. The van der Waals surface area contributed by atoms with Crippen LogP contribution in [-0.2, 0) is 11.2 Å². The van der Waals surface area contributed by atoms with E-state index in [2.05, 4.69) is 12.5 Å². The fourth-order valence-corrected chi connectivity index (χ4v) is 6.95. The molecule has 0 unspecified atom stereocenters. The van der Waals surface area contributed by atoms with Crippen LogP contribution in [0.5, 0.6) is 11.8 Å². The van der Waals surface area contributed by atoms with Crippen molar-refractivity contribution in [3.8, 4) is 24.1 Å². The molecule has 1 N–H and O–H groups in total. The Morgan fingerprint density at radius 2 is 2.11 bits per heavy atom. The molecule has 1 amide bonds. The highest BCUT2D eigenvalue weighted by Gasteiger charge is 2.32. The molecule has 0 saturated carbocycles. The van der Waals surface area contributed by atoms with Crippen molar-refractivity contribution in [2.24, 2.45) is 0 Å². The van der Waals surface area contributed by atoms with Gasteiger partial charge in [-0.05, 0) is 86.0 Å². The molecule has 3 aliphatic rings. The van der Waals surface area contributed by atoms with Gasteiger partial charge >= 0.3 is 6.01 Å². The van der Waals surface area contributed by atoms with E-state index < -0.39 is 12.0 Å². The summed E-state index contributed by atoms with van der Waals surface area (Å²) in [5.41, 5.74) is 3.20. The summed E-state index contributed by atoms with van der Waals surface area (Å²) < 4.78 is 35.0. The Morgan fingerprint density at radius 3 is 2.84 bits per heavy atom. The molecule has 0 radical (unpaired) electrons. The van der Waals surface area contributed by atoms with E-state index >= 15 is 0 Å². The molecule has 3 heterocycles. The molecule has 234 valence electrons. The molecular weight excluding hydrogens is 576 g/mol. The highest BCUT2D eigenvalue weighted by molar-refractivity contribution is 6.02. The van der Waals surface area contributed by atoms with Gasteiger partial charge in [0.1, 0.15) is 30.2 Å². The number of aromatic nitrogens is 2. The van der Waals surface area contributed by atoms with Gasteiger partial charge in [0.05, 0.1) is 11.3 Å². The third-order valence-electron chi connectivity index (χ3n) is 9.22. The molecule has 2 aliphatic heterocycles. The minimum absolute atomic E-state index is 0.00884. The molecule has 2 aromatic carbocycles. The number of terminal acetylenes is 1. The van der Waals surface area contributed by atoms with Crippen LogP contribution in [0.15, 0.2) is 36.9 Å². The first-order valence-corrected chi connectivity index (χ1v) is 15.3. The lowest BCUT2D eigenvalue weighted by atomic mass is 9.87. The number of carbonyl (C=O) groups is 1. The molecule has 0 bridgehead atoms. The van der Waals surface area contributed by atoms with Crippen LogP contribution in [0.4, 0.5) is 14.6 Å². The average Bonchev–Trinajstić information content (AvgIpc) is 3.62. The van der Waals surface area contributed by atoms with Gasteiger partial charge in [0, 0.05) is 49.7 Å². The monoisotopic (exact) mass is 613 g/mol. The van der Waals surface area contributed by atoms with E-state index in [4.69, 9.17) is 21.1 Å². The Morgan fingerprint density at radius 1 is 1.29 bits per heavy atom. The van der Waals surface area contributed by atoms with Gasteiger partial charge in [-0.3, -0.25) is 9.69 Å². The molecule has 3 aromatic rings. The number of anilines is 1. The summed E-state index contributed by atoms with van der Waals surface area (Å²) in [6.07, 6.45) is 11.4. The minimum atomic E-state index is -0.900. The maximum Gasteiger partial charge on any atom is 0.318 e. The fraction of sp³-hybridized carbons (Fsp3) is 0.400. The van der Waals surface area contributed by atoms with Gasteiger partial charge in [0.25, 0.3) is 0 Å². The van der Waals surface area contributed by atoms with Crippen LogP contribution in [0.1, 0.15) is 48.1 Å². The van der Waals surface area contributed by atoms with E-state index in [1.165, 1.54) is 12.1 Å². The summed E-state index contributed by atoms with van der Waals surface area (Å²) in [5.74, 6) is 2.65. The van der Waals surface area contributed by atoms with Crippen molar-refractivity contribution in [1.29, 1.82) is 0 Å². The third-order valence-corrected chi connectivity index (χ3v) is 9.22. The van der Waals surface area contributed by atoms with Crippen LogP contribution in [0.2, 0.25) is 0 Å². The van der Waals surface area contributed by atoms with Crippen molar-refractivity contribution in [2.75, 3.05) is 45.2 Å². The number of halogens is 2. The maximum atomic E-state index is 14.8. The van der Waals surface area contributed by atoms with E-state index in [-0.39, 0.29) is 41.9 Å². The smallest absolute Gasteiger partial charge is 0.318 e. The standard InChI is InChI=1S/C35H37F2N5O3/c1-5-27-30(37)12-10-22-14-26(43)17-29(33(22)27)21-9-11-28-31(15-21)38-35(45-20-25-16-23(36)18-40(25)3)39-34(28)41(4)19-24-8-7-13-42(24)32(44)6-2/h1,6,10,12,14-15,17,23-25,43H,2,7-9,11,13,16,18-20H2,3-4H3/t23-,24+,25+/m1/s1. The lowest BCUT2D eigenvalue weighted by Crippen LogP contribution is -2.42. The second kappa shape index (κ2) is 12.5. The fourth-order valence-electron chi connectivity index (χ4n) is 6.95. The number of aromatic hydroxyl groups is 1. The Bertz CT molecular complexity index is 1730. The second-order valence-corrected chi connectivity index (χ2v) is 12.2. The van der Waals surface area contributed by atoms with E-state index in [9.17, 15) is 18.7 Å². The Labute approximate surface area is 262 Å². The van der Waals surface area contributed by atoms with Crippen LogP contribution in [0.3, 0.4) is 0 Å². The van der Waals surface area contributed by atoms with Crippen LogP contribution in [-0.4, -0.2) is 89.4 Å². The van der Waals surface area contributed by atoms with Gasteiger partial charge in [0.2, 0.25) is 5.91 Å². The zero-order chi connectivity index (χ0) is 31.8. The number of carbonyl (C=O) groups excluding carboxylic acids is 1. The van der Waals surface area contributed by atoms with Crippen molar-refractivity contribution in [2.45, 2.75) is 50.4 Å². The summed E-state index contributed by atoms with van der Waals surface area (Å²) in [6.45, 7) is 5.51. The molecule has 0 spiro atoms. The third kappa shape index (κ3) is 5.97. The topological polar surface area (TPSA) is 82.0 Å². The molecular formula is C35H37F2N5O3. The van der Waals surface area contributed by atoms with Crippen LogP contribution in [0.25, 0.3) is 22.4 Å². The molecule has 1 aliphatic carbocycles. The van der Waals surface area contributed by atoms with Crippen LogP contribution in [0, 0.1) is 18.2 Å². The zero-order valence-corrected chi connectivity index (χ0v) is 25.6. The number of hydrogen-bond donors (Lipinski definition) is 1. The normalized spacial score (nSPS) is 21.4. The van der Waals surface area contributed by atoms with E-state index in [0.717, 1.165) is 24.0 Å². The largest absolute Gasteiger partial charge is 0.508 e. The Kier molecular flexibility index (Phi) is 8.47. The molecule has 10 heteroatoms. The van der Waals surface area contributed by atoms with Gasteiger partial charge in [-0.1, -0.05) is 18.6 Å². The number of phenolic OH excluding ortho intramolecular Hbond substituents is 1. The van der Waals surface area contributed by atoms with Crippen molar-refractivity contribution in [3.05, 3.63) is 65.1 Å². The van der Waals surface area contributed by atoms with Gasteiger partial charge in [-0.2, -0.15) is 9.97 Å². The van der Waals surface area contributed by atoms with Crippen LogP contribution < -0.4 is 9.64 Å². The second-order valence-electron chi connectivity index (χ2n) is 12.2. The minimum Gasteiger partial charge on any atom is -0.508 e. The first-order valence-electron chi connectivity index (χ1n) is 15.3. The first-order chi connectivity index (χ1) is 21.7. The summed E-state index contributed by atoms with van der Waals surface area (Å²) in [7, 11) is 3.82. The number of nitrogens with zero attached hydrogens (tertiary/aromatic N) is 5. The number of alkyl halides is 1. The first kappa shape index (κ1) is 30.5. The number of rotatable bonds is 8. The lowest BCUT2D eigenvalue weighted by Gasteiger charge is -2.31. The number of phenols is 1. The zero-order valence-electron chi connectivity index (χ0n) is 25.6. The van der Waals surface area contributed by atoms with Crippen molar-refractivity contribution >= 4 is 34.1 Å². The number of hydrogen-bond acceptors (Lipinski definition) is 7. The van der Waals surface area contributed by atoms with Crippen molar-refractivity contribution in [1.82, 2.24) is 19.8 Å². The number of likely N-dealkylation sites (N-methyl/N-ethyl adjacent to an activating group) is 2. The summed E-state index contributed by atoms with van der Waals surface area (Å²) in [4.78, 5) is 27.9. The lowest BCUT2D eigenvalue weighted by molar-refractivity contribution is -0.126. The van der Waals surface area contributed by atoms with E-state index in [0.29, 0.717) is 66.7 Å². The van der Waals surface area contributed by atoms with Gasteiger partial charge in [0.15, 0.2) is 0 Å². The average molecular weight is 614 g/mol. The highest BCUT2D eigenvalue weighted by atomic mass is 19.1. The SMILES string of the molecule is C#Cc1c(F)ccc2cc(O)cc(C3=Cc4nc(OC[C@@H]5C[C@@H](F)CN5C)nc(N(C)C[C@@H]5CCCN5C(=O)C=C)c4CC3)c12. The van der Waals surface area contributed by atoms with Gasteiger partial charge in [-0.15, -0.1) is 6.42 Å². The number of fused-ring (bicyclic) bond motifs is 2. The molecule has 6 rings (SSSR count). The van der Waals surface area contributed by atoms with Gasteiger partial charge < -0.3 is 19.6 Å². The number of ether oxygens (including phenoxy) is 1. The predicted octanol–water partition coefficient (Wildman–Crippen LogP) is 4.98. The molecule has 2 fully saturated rings. The Hall–Kier alpha value is -4.49. The molecule has 45 heavy (non-hydrogen) atoms. The number of allylic oxidation sites excluding steroid dienone is 1. The molecule has 2 saturated heterocycles. The predicted molar refractivity (Wildman–Crippen MR) is 171 cm³/mol. The quantitative estimate of drug-likeness (QED) is 0.284. The number of benzene rings is 2. The van der Waals surface area contributed by atoms with Crippen LogP contribution >= 0.6 is 0 Å². The summed E-state index contributed by atoms with van der Waals surface area (Å²) in [5, 5.41) is 11.8.